The Bertz CT molecular complexity index is 1130. The molecule has 3 aromatic rings. The zero-order valence-electron chi connectivity index (χ0n) is 18.0. The molecule has 0 spiro atoms. The number of nitrogens with one attached hydrogen (secondary N) is 1. The summed E-state index contributed by atoms with van der Waals surface area (Å²) in [5.41, 5.74) is 1.69. The van der Waals surface area contributed by atoms with Crippen LogP contribution in [0.2, 0.25) is 0 Å². The molecule has 8 heteroatoms. The number of carbonyl (C=O) groups excluding carboxylic acids is 2. The highest BCUT2D eigenvalue weighted by Crippen LogP contribution is 2.22. The molecule has 0 saturated heterocycles. The largest absolute Gasteiger partial charge is 0.497 e. The SMILES string of the molecule is CCOC(=O)CC(NC(=O)Cn1nc(-c2ccccc2)ccc1=O)c1cccc(OC)c1. The van der Waals surface area contributed by atoms with Crippen molar-refractivity contribution in [3.8, 4) is 17.0 Å². The molecule has 166 valence electrons. The number of amides is 1. The number of methoxy groups -OCH3 is 1. The van der Waals surface area contributed by atoms with E-state index in [1.807, 2.05) is 30.3 Å². The zero-order valence-corrected chi connectivity index (χ0v) is 18.0. The number of nitrogens with zero attached hydrogens (tertiary/aromatic N) is 2. The molecule has 0 fully saturated rings. The van der Waals surface area contributed by atoms with Crippen molar-refractivity contribution in [1.29, 1.82) is 0 Å². The molecule has 0 saturated carbocycles. The van der Waals surface area contributed by atoms with Crippen LogP contribution in [0.15, 0.2) is 71.5 Å². The number of benzene rings is 2. The van der Waals surface area contributed by atoms with E-state index in [-0.39, 0.29) is 19.6 Å². The number of hydrogen-bond acceptors (Lipinski definition) is 6. The molecule has 32 heavy (non-hydrogen) atoms. The zero-order chi connectivity index (χ0) is 22.9. The Morgan fingerprint density at radius 3 is 2.56 bits per heavy atom. The summed E-state index contributed by atoms with van der Waals surface area (Å²) in [4.78, 5) is 37.2. The van der Waals surface area contributed by atoms with Crippen LogP contribution in [-0.2, 0) is 20.9 Å². The van der Waals surface area contributed by atoms with Crippen LogP contribution >= 0.6 is 0 Å². The average molecular weight is 435 g/mol. The molecule has 2 aromatic carbocycles. The first-order chi connectivity index (χ1) is 15.5. The molecular formula is C24H25N3O5. The molecule has 0 radical (unpaired) electrons. The van der Waals surface area contributed by atoms with Gasteiger partial charge in [0.25, 0.3) is 5.56 Å². The third-order valence-corrected chi connectivity index (χ3v) is 4.74. The molecule has 1 atom stereocenters. The highest BCUT2D eigenvalue weighted by atomic mass is 16.5. The minimum absolute atomic E-state index is 0.0564. The topological polar surface area (TPSA) is 99.5 Å². The van der Waals surface area contributed by atoms with Crippen LogP contribution in [0.1, 0.15) is 24.9 Å². The van der Waals surface area contributed by atoms with Crippen LogP contribution in [0.5, 0.6) is 5.75 Å². The lowest BCUT2D eigenvalue weighted by Gasteiger charge is -2.19. The number of esters is 1. The summed E-state index contributed by atoms with van der Waals surface area (Å²) in [6.07, 6.45) is -0.0564. The molecule has 3 rings (SSSR count). The molecule has 1 aromatic heterocycles. The van der Waals surface area contributed by atoms with Gasteiger partial charge in [0, 0.05) is 11.6 Å². The molecular weight excluding hydrogens is 410 g/mol. The van der Waals surface area contributed by atoms with Crippen molar-refractivity contribution in [3.63, 3.8) is 0 Å². The van der Waals surface area contributed by atoms with Crippen LogP contribution in [0.3, 0.4) is 0 Å². The van der Waals surface area contributed by atoms with E-state index in [1.165, 1.54) is 13.2 Å². The first kappa shape index (κ1) is 22.7. The van der Waals surface area contributed by atoms with Gasteiger partial charge in [-0.2, -0.15) is 5.10 Å². The van der Waals surface area contributed by atoms with E-state index in [9.17, 15) is 14.4 Å². The van der Waals surface area contributed by atoms with Crippen molar-refractivity contribution in [1.82, 2.24) is 15.1 Å². The Kier molecular flexibility index (Phi) is 7.75. The summed E-state index contributed by atoms with van der Waals surface area (Å²) in [5.74, 6) is -0.303. The quantitative estimate of drug-likeness (QED) is 0.519. The van der Waals surface area contributed by atoms with Crippen molar-refractivity contribution in [2.75, 3.05) is 13.7 Å². The summed E-state index contributed by atoms with van der Waals surface area (Å²) in [6, 6.07) is 18.8. The first-order valence-corrected chi connectivity index (χ1v) is 10.2. The van der Waals surface area contributed by atoms with Crippen molar-refractivity contribution < 1.29 is 19.1 Å². The molecule has 1 heterocycles. The van der Waals surface area contributed by atoms with Crippen LogP contribution in [0.25, 0.3) is 11.3 Å². The first-order valence-electron chi connectivity index (χ1n) is 10.2. The number of aromatic nitrogens is 2. The molecule has 0 aliphatic heterocycles. The second-order valence-corrected chi connectivity index (χ2v) is 6.99. The Balaban J connectivity index is 1.80. The second kappa shape index (κ2) is 10.9. The fraction of sp³-hybridized carbons (Fsp3) is 0.250. The summed E-state index contributed by atoms with van der Waals surface area (Å²) >= 11 is 0. The van der Waals surface area contributed by atoms with Crippen LogP contribution in [-0.4, -0.2) is 35.4 Å². The number of carbonyl (C=O) groups is 2. The fourth-order valence-electron chi connectivity index (χ4n) is 3.20. The highest BCUT2D eigenvalue weighted by molar-refractivity contribution is 5.78. The molecule has 0 aliphatic carbocycles. The molecule has 0 bridgehead atoms. The molecule has 1 unspecified atom stereocenters. The van der Waals surface area contributed by atoms with E-state index >= 15 is 0 Å². The van der Waals surface area contributed by atoms with E-state index in [0.717, 1.165) is 10.2 Å². The maximum absolute atomic E-state index is 12.8. The van der Waals surface area contributed by atoms with E-state index in [4.69, 9.17) is 9.47 Å². The molecule has 1 N–H and O–H groups in total. The summed E-state index contributed by atoms with van der Waals surface area (Å²) < 4.78 is 11.4. The van der Waals surface area contributed by atoms with E-state index in [2.05, 4.69) is 10.4 Å². The Hall–Kier alpha value is -3.94. The lowest BCUT2D eigenvalue weighted by molar-refractivity contribution is -0.143. The maximum Gasteiger partial charge on any atom is 0.308 e. The van der Waals surface area contributed by atoms with Crippen molar-refractivity contribution in [2.45, 2.75) is 25.9 Å². The summed E-state index contributed by atoms with van der Waals surface area (Å²) in [7, 11) is 1.54. The smallest absolute Gasteiger partial charge is 0.308 e. The van der Waals surface area contributed by atoms with Gasteiger partial charge in [-0.05, 0) is 30.7 Å². The molecule has 1 amide bonds. The van der Waals surface area contributed by atoms with Crippen LogP contribution in [0, 0.1) is 0 Å². The maximum atomic E-state index is 12.8. The Morgan fingerprint density at radius 1 is 1.06 bits per heavy atom. The van der Waals surface area contributed by atoms with Gasteiger partial charge in [-0.3, -0.25) is 14.4 Å². The van der Waals surface area contributed by atoms with Gasteiger partial charge < -0.3 is 14.8 Å². The normalized spacial score (nSPS) is 11.4. The standard InChI is InChI=1S/C24H25N3O5/c1-3-32-24(30)15-21(18-10-7-11-19(14-18)31-2)25-22(28)16-27-23(29)13-12-20(26-27)17-8-5-4-6-9-17/h4-14,21H,3,15-16H2,1-2H3,(H,25,28). The van der Waals surface area contributed by atoms with Gasteiger partial charge in [0.1, 0.15) is 12.3 Å². The minimum Gasteiger partial charge on any atom is -0.497 e. The van der Waals surface area contributed by atoms with Gasteiger partial charge in [0.2, 0.25) is 5.91 Å². The Labute approximate surface area is 185 Å². The molecule has 0 aliphatic rings. The average Bonchev–Trinajstić information content (AvgIpc) is 2.81. The van der Waals surface area contributed by atoms with Crippen molar-refractivity contribution in [2.24, 2.45) is 0 Å². The van der Waals surface area contributed by atoms with Gasteiger partial charge in [0.05, 0.1) is 31.9 Å². The van der Waals surface area contributed by atoms with Gasteiger partial charge in [0.15, 0.2) is 0 Å². The minimum atomic E-state index is -0.648. The van der Waals surface area contributed by atoms with Gasteiger partial charge in [-0.25, -0.2) is 4.68 Å². The number of rotatable bonds is 9. The number of hydrogen-bond donors (Lipinski definition) is 1. The monoisotopic (exact) mass is 435 g/mol. The third-order valence-electron chi connectivity index (χ3n) is 4.74. The third kappa shape index (κ3) is 6.04. The summed E-state index contributed by atoms with van der Waals surface area (Å²) in [6.45, 7) is 1.67. The number of ether oxygens (including phenoxy) is 2. The van der Waals surface area contributed by atoms with E-state index in [0.29, 0.717) is 17.0 Å². The lowest BCUT2D eigenvalue weighted by atomic mass is 10.0. The fourth-order valence-corrected chi connectivity index (χ4v) is 3.20. The van der Waals surface area contributed by atoms with Crippen LogP contribution < -0.4 is 15.6 Å². The Morgan fingerprint density at radius 2 is 1.84 bits per heavy atom. The lowest BCUT2D eigenvalue weighted by Crippen LogP contribution is -2.36. The van der Waals surface area contributed by atoms with Gasteiger partial charge in [-0.15, -0.1) is 0 Å². The van der Waals surface area contributed by atoms with Crippen molar-refractivity contribution in [3.05, 3.63) is 82.6 Å². The highest BCUT2D eigenvalue weighted by Gasteiger charge is 2.20. The summed E-state index contributed by atoms with van der Waals surface area (Å²) in [5, 5.41) is 7.13. The van der Waals surface area contributed by atoms with Gasteiger partial charge >= 0.3 is 5.97 Å². The van der Waals surface area contributed by atoms with Crippen LogP contribution in [0.4, 0.5) is 0 Å². The molecule has 8 nitrogen and oxygen atoms in total. The predicted molar refractivity (Wildman–Crippen MR) is 119 cm³/mol. The second-order valence-electron chi connectivity index (χ2n) is 6.99. The van der Waals surface area contributed by atoms with E-state index in [1.54, 1.807) is 37.3 Å². The van der Waals surface area contributed by atoms with Gasteiger partial charge in [-0.1, -0.05) is 42.5 Å². The predicted octanol–water partition coefficient (Wildman–Crippen LogP) is 2.73. The van der Waals surface area contributed by atoms with E-state index < -0.39 is 23.5 Å². The van der Waals surface area contributed by atoms with Crippen molar-refractivity contribution >= 4 is 11.9 Å².